The van der Waals surface area contributed by atoms with Gasteiger partial charge in [-0.1, -0.05) is 6.92 Å². The first-order valence-electron chi connectivity index (χ1n) is 7.33. The number of nitrogens with zero attached hydrogens (tertiary/aromatic N) is 1. The summed E-state index contributed by atoms with van der Waals surface area (Å²) >= 11 is 0. The summed E-state index contributed by atoms with van der Waals surface area (Å²) in [6, 6.07) is 1.07. The molecule has 1 N–H and O–H groups in total. The van der Waals surface area contributed by atoms with Crippen LogP contribution in [-0.4, -0.2) is 49.3 Å². The fraction of sp³-hybridized carbons (Fsp3) is 0.867. The maximum atomic E-state index is 6.08. The van der Waals surface area contributed by atoms with Gasteiger partial charge in [0.2, 0.25) is 0 Å². The van der Waals surface area contributed by atoms with Crippen molar-refractivity contribution in [2.75, 3.05) is 26.2 Å². The predicted molar refractivity (Wildman–Crippen MR) is 74.5 cm³/mol. The quantitative estimate of drug-likeness (QED) is 0.751. The van der Waals surface area contributed by atoms with E-state index in [-0.39, 0.29) is 0 Å². The van der Waals surface area contributed by atoms with Gasteiger partial charge in [0, 0.05) is 25.0 Å². The Morgan fingerprint density at radius 2 is 2.39 bits per heavy atom. The number of hydrogen-bond acceptors (Lipinski definition) is 3. The van der Waals surface area contributed by atoms with E-state index in [4.69, 9.17) is 4.74 Å². The first-order chi connectivity index (χ1) is 8.85. The van der Waals surface area contributed by atoms with Gasteiger partial charge in [0.1, 0.15) is 0 Å². The summed E-state index contributed by atoms with van der Waals surface area (Å²) in [4.78, 5) is 2.61. The normalized spacial score (nSPS) is 29.4. The Bertz CT molecular complexity index is 307. The molecule has 0 radical (unpaired) electrons. The summed E-state index contributed by atoms with van der Waals surface area (Å²) < 4.78 is 6.08. The monoisotopic (exact) mass is 250 g/mol. The second-order valence-electron chi connectivity index (χ2n) is 5.35. The summed E-state index contributed by atoms with van der Waals surface area (Å²) in [6.07, 6.45) is 5.03. The average molecular weight is 250 g/mol. The van der Waals surface area contributed by atoms with Crippen LogP contribution >= 0.6 is 0 Å². The molecule has 3 atom stereocenters. The third-order valence-electron chi connectivity index (χ3n) is 4.02. The highest BCUT2D eigenvalue weighted by Crippen LogP contribution is 2.24. The molecule has 18 heavy (non-hydrogen) atoms. The van der Waals surface area contributed by atoms with E-state index in [1.807, 2.05) is 6.92 Å². The fourth-order valence-corrected chi connectivity index (χ4v) is 2.96. The summed E-state index contributed by atoms with van der Waals surface area (Å²) in [7, 11) is 0. The van der Waals surface area contributed by atoms with E-state index in [0.717, 1.165) is 32.5 Å². The average Bonchev–Trinajstić information content (AvgIpc) is 2.86. The van der Waals surface area contributed by atoms with E-state index >= 15 is 0 Å². The lowest BCUT2D eigenvalue weighted by Crippen LogP contribution is -2.54. The number of morpholine rings is 1. The van der Waals surface area contributed by atoms with Crippen molar-refractivity contribution >= 4 is 0 Å². The van der Waals surface area contributed by atoms with E-state index in [0.29, 0.717) is 18.2 Å². The highest BCUT2D eigenvalue weighted by molar-refractivity contribution is 5.01. The second-order valence-corrected chi connectivity index (χ2v) is 5.35. The van der Waals surface area contributed by atoms with Crippen LogP contribution in [0.25, 0.3) is 0 Å². The number of ether oxygens (including phenoxy) is 1. The first kappa shape index (κ1) is 13.9. The molecule has 3 nitrogen and oxygen atoms in total. The van der Waals surface area contributed by atoms with Gasteiger partial charge in [-0.05, 0) is 39.3 Å². The number of rotatable bonds is 5. The molecule has 0 amide bonds. The Morgan fingerprint density at radius 3 is 3.17 bits per heavy atom. The van der Waals surface area contributed by atoms with Gasteiger partial charge in [0.25, 0.3) is 0 Å². The molecule has 2 aliphatic rings. The number of hydrogen-bond donors (Lipinski definition) is 1. The Balaban J connectivity index is 1.89. The lowest BCUT2D eigenvalue weighted by molar-refractivity contribution is -0.0636. The number of nitrogens with one attached hydrogen (secondary N) is 1. The lowest BCUT2D eigenvalue weighted by atomic mass is 10.0. The zero-order valence-corrected chi connectivity index (χ0v) is 11.7. The van der Waals surface area contributed by atoms with E-state index < -0.39 is 0 Å². The maximum Gasteiger partial charge on any atom is 0.0864 e. The van der Waals surface area contributed by atoms with Gasteiger partial charge in [-0.2, -0.15) is 0 Å². The topological polar surface area (TPSA) is 24.5 Å². The van der Waals surface area contributed by atoms with Gasteiger partial charge < -0.3 is 10.1 Å². The Kier molecular flexibility index (Phi) is 5.49. The standard InChI is InChI=1S/C15H26N2O/c1-3-5-8-14(16-9-4-2)15-11-17-10-6-7-13(17)12-18-15/h13-16H,4,6-12H2,1-2H3. The Labute approximate surface area is 111 Å². The molecule has 0 aromatic carbocycles. The van der Waals surface area contributed by atoms with Crippen LogP contribution in [0.1, 0.15) is 39.5 Å². The Morgan fingerprint density at radius 1 is 1.50 bits per heavy atom. The number of fused-ring (bicyclic) bond motifs is 1. The molecular formula is C15H26N2O. The van der Waals surface area contributed by atoms with E-state index in [1.165, 1.54) is 19.4 Å². The molecule has 2 saturated heterocycles. The molecule has 0 aliphatic carbocycles. The molecule has 2 aliphatic heterocycles. The fourth-order valence-electron chi connectivity index (χ4n) is 2.96. The van der Waals surface area contributed by atoms with Gasteiger partial charge in [0.05, 0.1) is 12.7 Å². The molecule has 0 bridgehead atoms. The van der Waals surface area contributed by atoms with Crippen LogP contribution < -0.4 is 5.32 Å². The van der Waals surface area contributed by atoms with Crippen LogP contribution in [0, 0.1) is 11.8 Å². The minimum Gasteiger partial charge on any atom is -0.374 e. The third kappa shape index (κ3) is 3.47. The van der Waals surface area contributed by atoms with Gasteiger partial charge >= 0.3 is 0 Å². The zero-order chi connectivity index (χ0) is 12.8. The van der Waals surface area contributed by atoms with Crippen LogP contribution in [0.5, 0.6) is 0 Å². The smallest absolute Gasteiger partial charge is 0.0864 e. The van der Waals surface area contributed by atoms with Crippen LogP contribution in [0.3, 0.4) is 0 Å². The molecule has 102 valence electrons. The highest BCUT2D eigenvalue weighted by atomic mass is 16.5. The molecule has 0 saturated carbocycles. The van der Waals surface area contributed by atoms with Crippen LogP contribution in [0.2, 0.25) is 0 Å². The zero-order valence-electron chi connectivity index (χ0n) is 11.7. The van der Waals surface area contributed by atoms with Crippen molar-refractivity contribution in [1.29, 1.82) is 0 Å². The minimum atomic E-state index is 0.312. The van der Waals surface area contributed by atoms with Crippen LogP contribution in [-0.2, 0) is 4.74 Å². The van der Waals surface area contributed by atoms with Crippen LogP contribution in [0.15, 0.2) is 0 Å². The molecule has 2 rings (SSSR count). The van der Waals surface area contributed by atoms with E-state index in [9.17, 15) is 0 Å². The molecular weight excluding hydrogens is 224 g/mol. The molecule has 3 unspecified atom stereocenters. The SMILES string of the molecule is CC#CCC(NCCC)C1CN2CCCC2CO1. The van der Waals surface area contributed by atoms with E-state index in [2.05, 4.69) is 29.0 Å². The van der Waals surface area contributed by atoms with Gasteiger partial charge in [-0.3, -0.25) is 4.90 Å². The summed E-state index contributed by atoms with van der Waals surface area (Å²) in [5, 5.41) is 3.60. The second kappa shape index (κ2) is 7.13. The van der Waals surface area contributed by atoms with Crippen molar-refractivity contribution in [3.63, 3.8) is 0 Å². The molecule has 2 heterocycles. The van der Waals surface area contributed by atoms with Crippen molar-refractivity contribution in [3.05, 3.63) is 0 Å². The summed E-state index contributed by atoms with van der Waals surface area (Å²) in [6.45, 7) is 8.42. The van der Waals surface area contributed by atoms with Crippen LogP contribution in [0.4, 0.5) is 0 Å². The van der Waals surface area contributed by atoms with E-state index in [1.54, 1.807) is 0 Å². The maximum absolute atomic E-state index is 6.08. The molecule has 0 aromatic heterocycles. The largest absolute Gasteiger partial charge is 0.374 e. The minimum absolute atomic E-state index is 0.312. The molecule has 3 heteroatoms. The van der Waals surface area contributed by atoms with Gasteiger partial charge in [-0.25, -0.2) is 0 Å². The van der Waals surface area contributed by atoms with Crippen molar-refractivity contribution < 1.29 is 4.74 Å². The molecule has 0 spiro atoms. The summed E-state index contributed by atoms with van der Waals surface area (Å²) in [5.41, 5.74) is 0. The van der Waals surface area contributed by atoms with Crippen molar-refractivity contribution in [2.45, 2.75) is 57.7 Å². The first-order valence-corrected chi connectivity index (χ1v) is 7.33. The van der Waals surface area contributed by atoms with Crippen molar-refractivity contribution in [2.24, 2.45) is 0 Å². The third-order valence-corrected chi connectivity index (χ3v) is 4.02. The van der Waals surface area contributed by atoms with Crippen molar-refractivity contribution in [3.8, 4) is 11.8 Å². The molecule has 0 aromatic rings. The van der Waals surface area contributed by atoms with Crippen molar-refractivity contribution in [1.82, 2.24) is 10.2 Å². The molecule has 2 fully saturated rings. The van der Waals surface area contributed by atoms with Gasteiger partial charge in [0.15, 0.2) is 0 Å². The Hall–Kier alpha value is -0.560. The summed E-state index contributed by atoms with van der Waals surface area (Å²) in [5.74, 6) is 6.20. The van der Waals surface area contributed by atoms with Gasteiger partial charge in [-0.15, -0.1) is 11.8 Å². The lowest BCUT2D eigenvalue weighted by Gasteiger charge is -2.38. The predicted octanol–water partition coefficient (Wildman–Crippen LogP) is 1.63. The highest BCUT2D eigenvalue weighted by Gasteiger charge is 2.35.